The first-order chi connectivity index (χ1) is 8.11. The Bertz CT molecular complexity index is 162. The van der Waals surface area contributed by atoms with Crippen LogP contribution in [0.15, 0.2) is 0 Å². The molecule has 0 aromatic carbocycles. The summed E-state index contributed by atoms with van der Waals surface area (Å²) in [6.45, 7) is 12.6. The summed E-state index contributed by atoms with van der Waals surface area (Å²) in [6, 6.07) is 0.580. The molecule has 0 aliphatic carbocycles. The zero-order valence-electron chi connectivity index (χ0n) is 12.4. The molecule has 0 heterocycles. The van der Waals surface area contributed by atoms with Crippen molar-refractivity contribution >= 4 is 0 Å². The van der Waals surface area contributed by atoms with Crippen LogP contribution in [-0.2, 0) is 9.47 Å². The van der Waals surface area contributed by atoms with E-state index in [0.717, 1.165) is 39.1 Å². The predicted molar refractivity (Wildman–Crippen MR) is 73.5 cm³/mol. The van der Waals surface area contributed by atoms with Crippen LogP contribution in [0.2, 0.25) is 0 Å². The second-order valence-corrected chi connectivity index (χ2v) is 4.95. The van der Waals surface area contributed by atoms with Gasteiger partial charge in [0.05, 0.1) is 12.7 Å². The predicted octanol–water partition coefficient (Wildman–Crippen LogP) is 2.94. The van der Waals surface area contributed by atoms with Crippen molar-refractivity contribution in [2.45, 2.75) is 59.1 Å². The van der Waals surface area contributed by atoms with Crippen molar-refractivity contribution in [2.75, 3.05) is 33.4 Å². The normalized spacial score (nSPS) is 13.6. The van der Waals surface area contributed by atoms with Crippen LogP contribution in [0.5, 0.6) is 0 Å². The number of ether oxygens (including phenoxy) is 2. The first kappa shape index (κ1) is 16.9. The summed E-state index contributed by atoms with van der Waals surface area (Å²) in [5.74, 6) is 0. The molecule has 0 aromatic rings. The number of nitrogens with zero attached hydrogens (tertiary/aromatic N) is 1. The summed E-state index contributed by atoms with van der Waals surface area (Å²) in [4.78, 5) is 2.46. The van der Waals surface area contributed by atoms with E-state index in [9.17, 15) is 0 Å². The molecule has 0 saturated heterocycles. The topological polar surface area (TPSA) is 21.7 Å². The summed E-state index contributed by atoms with van der Waals surface area (Å²) in [5.41, 5.74) is 0. The molecule has 0 rings (SSSR count). The van der Waals surface area contributed by atoms with E-state index in [-0.39, 0.29) is 0 Å². The highest BCUT2D eigenvalue weighted by atomic mass is 16.5. The summed E-state index contributed by atoms with van der Waals surface area (Å²) >= 11 is 0. The molecule has 3 nitrogen and oxygen atoms in total. The van der Waals surface area contributed by atoms with Gasteiger partial charge in [-0.3, -0.25) is 4.90 Å². The molecule has 0 aliphatic heterocycles. The van der Waals surface area contributed by atoms with E-state index < -0.39 is 0 Å². The molecular weight excluding hydrogens is 214 g/mol. The highest BCUT2D eigenvalue weighted by Crippen LogP contribution is 2.03. The lowest BCUT2D eigenvalue weighted by Gasteiger charge is -2.26. The van der Waals surface area contributed by atoms with Crippen LogP contribution in [0.1, 0.15) is 47.0 Å². The summed E-state index contributed by atoms with van der Waals surface area (Å²) in [7, 11) is 1.76. The van der Waals surface area contributed by atoms with Crippen molar-refractivity contribution in [1.82, 2.24) is 4.90 Å². The lowest BCUT2D eigenvalue weighted by Crippen LogP contribution is -2.35. The van der Waals surface area contributed by atoms with Gasteiger partial charge in [-0.1, -0.05) is 13.3 Å². The summed E-state index contributed by atoms with van der Waals surface area (Å²) in [5, 5.41) is 0. The van der Waals surface area contributed by atoms with Crippen LogP contribution >= 0.6 is 0 Å². The monoisotopic (exact) mass is 245 g/mol. The van der Waals surface area contributed by atoms with Crippen LogP contribution in [0.4, 0.5) is 0 Å². The van der Waals surface area contributed by atoms with E-state index >= 15 is 0 Å². The third-order valence-electron chi connectivity index (χ3n) is 3.00. The Labute approximate surface area is 107 Å². The minimum atomic E-state index is 0.396. The van der Waals surface area contributed by atoms with E-state index in [4.69, 9.17) is 9.47 Å². The lowest BCUT2D eigenvalue weighted by atomic mass is 10.2. The van der Waals surface area contributed by atoms with Crippen LogP contribution in [0.25, 0.3) is 0 Å². The first-order valence-electron chi connectivity index (χ1n) is 6.96. The molecule has 3 heteroatoms. The third-order valence-corrected chi connectivity index (χ3v) is 3.00. The molecule has 1 unspecified atom stereocenters. The zero-order valence-corrected chi connectivity index (χ0v) is 12.4. The van der Waals surface area contributed by atoms with Gasteiger partial charge < -0.3 is 9.47 Å². The minimum absolute atomic E-state index is 0.396. The maximum Gasteiger partial charge on any atom is 0.0597 e. The van der Waals surface area contributed by atoms with Gasteiger partial charge in [0.15, 0.2) is 0 Å². The molecule has 0 aliphatic rings. The van der Waals surface area contributed by atoms with Gasteiger partial charge in [0.2, 0.25) is 0 Å². The number of hydrogen-bond donors (Lipinski definition) is 0. The molecule has 0 N–H and O–H groups in total. The standard InChI is InChI=1S/C14H31NO2/c1-6-8-14(4)17-12-10-15(13(2)3)9-7-11-16-5/h13-14H,6-12H2,1-5H3. The Morgan fingerprint density at radius 3 is 2.29 bits per heavy atom. The molecule has 104 valence electrons. The average molecular weight is 245 g/mol. The fraction of sp³-hybridized carbons (Fsp3) is 1.00. The third kappa shape index (κ3) is 9.57. The number of rotatable bonds is 11. The summed E-state index contributed by atoms with van der Waals surface area (Å²) < 4.78 is 10.9. The smallest absolute Gasteiger partial charge is 0.0597 e. The van der Waals surface area contributed by atoms with E-state index in [1.54, 1.807) is 7.11 Å². The SMILES string of the molecule is CCCC(C)OCCN(CCCOC)C(C)C. The summed E-state index contributed by atoms with van der Waals surface area (Å²) in [6.07, 6.45) is 3.85. The highest BCUT2D eigenvalue weighted by Gasteiger charge is 2.09. The maximum absolute atomic E-state index is 5.80. The Balaban J connectivity index is 3.69. The van der Waals surface area contributed by atoms with Gasteiger partial charge in [0.25, 0.3) is 0 Å². The van der Waals surface area contributed by atoms with Gasteiger partial charge in [-0.2, -0.15) is 0 Å². The quantitative estimate of drug-likeness (QED) is 0.522. The van der Waals surface area contributed by atoms with Crippen molar-refractivity contribution in [3.8, 4) is 0 Å². The van der Waals surface area contributed by atoms with Crippen molar-refractivity contribution < 1.29 is 9.47 Å². The van der Waals surface area contributed by atoms with Gasteiger partial charge in [-0.05, 0) is 33.6 Å². The highest BCUT2D eigenvalue weighted by molar-refractivity contribution is 4.63. The number of methoxy groups -OCH3 is 1. The molecule has 0 radical (unpaired) electrons. The van der Waals surface area contributed by atoms with Crippen molar-refractivity contribution in [2.24, 2.45) is 0 Å². The van der Waals surface area contributed by atoms with E-state index in [2.05, 4.69) is 32.6 Å². The Morgan fingerprint density at radius 2 is 1.76 bits per heavy atom. The molecule has 0 aromatic heterocycles. The van der Waals surface area contributed by atoms with Crippen LogP contribution in [-0.4, -0.2) is 50.5 Å². The van der Waals surface area contributed by atoms with E-state index in [0.29, 0.717) is 12.1 Å². The second kappa shape index (κ2) is 11.0. The molecule has 0 amide bonds. The van der Waals surface area contributed by atoms with Crippen LogP contribution in [0.3, 0.4) is 0 Å². The van der Waals surface area contributed by atoms with Gasteiger partial charge in [-0.15, -0.1) is 0 Å². The maximum atomic E-state index is 5.80. The average Bonchev–Trinajstić information content (AvgIpc) is 2.27. The number of hydrogen-bond acceptors (Lipinski definition) is 3. The fourth-order valence-electron chi connectivity index (χ4n) is 1.90. The Morgan fingerprint density at radius 1 is 1.06 bits per heavy atom. The second-order valence-electron chi connectivity index (χ2n) is 4.95. The van der Waals surface area contributed by atoms with Crippen LogP contribution in [0, 0.1) is 0 Å². The van der Waals surface area contributed by atoms with E-state index in [1.807, 2.05) is 0 Å². The largest absolute Gasteiger partial charge is 0.385 e. The molecule has 1 atom stereocenters. The first-order valence-corrected chi connectivity index (χ1v) is 6.96. The van der Waals surface area contributed by atoms with E-state index in [1.165, 1.54) is 6.42 Å². The Hall–Kier alpha value is -0.120. The Kier molecular flexibility index (Phi) is 10.9. The van der Waals surface area contributed by atoms with Gasteiger partial charge in [0, 0.05) is 32.8 Å². The van der Waals surface area contributed by atoms with Gasteiger partial charge in [0.1, 0.15) is 0 Å². The molecule has 0 fully saturated rings. The zero-order chi connectivity index (χ0) is 13.1. The van der Waals surface area contributed by atoms with Crippen molar-refractivity contribution in [3.63, 3.8) is 0 Å². The minimum Gasteiger partial charge on any atom is -0.385 e. The van der Waals surface area contributed by atoms with Crippen molar-refractivity contribution in [3.05, 3.63) is 0 Å². The molecule has 17 heavy (non-hydrogen) atoms. The van der Waals surface area contributed by atoms with Crippen LogP contribution < -0.4 is 0 Å². The van der Waals surface area contributed by atoms with Gasteiger partial charge >= 0.3 is 0 Å². The molecule has 0 bridgehead atoms. The molecule has 0 spiro atoms. The lowest BCUT2D eigenvalue weighted by molar-refractivity contribution is 0.0357. The fourth-order valence-corrected chi connectivity index (χ4v) is 1.90. The van der Waals surface area contributed by atoms with Gasteiger partial charge in [-0.25, -0.2) is 0 Å². The molecule has 0 saturated carbocycles. The van der Waals surface area contributed by atoms with Crippen molar-refractivity contribution in [1.29, 1.82) is 0 Å². The molecular formula is C14H31NO2.